The fourth-order valence-electron chi connectivity index (χ4n) is 1.57. The van der Waals surface area contributed by atoms with Crippen LogP contribution in [0.25, 0.3) is 0 Å². The van der Waals surface area contributed by atoms with Gasteiger partial charge in [0.2, 0.25) is 5.91 Å². The quantitative estimate of drug-likeness (QED) is 0.622. The molecule has 134 valence electrons. The van der Waals surface area contributed by atoms with E-state index in [2.05, 4.69) is 21.2 Å². The molecule has 0 bridgehead atoms. The highest BCUT2D eigenvalue weighted by Gasteiger charge is 2.38. The summed E-state index contributed by atoms with van der Waals surface area (Å²) in [6.45, 7) is -0.116. The molecule has 0 unspecified atom stereocenters. The Hall–Kier alpha value is -1.48. The number of rotatable bonds is 8. The minimum atomic E-state index is -4.92. The second-order valence-corrected chi connectivity index (χ2v) is 5.95. The average molecular weight is 432 g/mol. The van der Waals surface area contributed by atoms with E-state index in [0.29, 0.717) is 17.2 Å². The molecule has 0 aliphatic carbocycles. The fourth-order valence-corrected chi connectivity index (χ4v) is 2.30. The molecule has 0 radical (unpaired) electrons. The number of hydrogen-bond acceptors (Lipinski definition) is 3. The number of amides is 2. The molecule has 0 aliphatic rings. The molecule has 2 N–H and O–H groups in total. The first-order chi connectivity index (χ1) is 11.2. The number of alkyl halides is 3. The van der Waals surface area contributed by atoms with E-state index < -0.39 is 12.1 Å². The van der Waals surface area contributed by atoms with Crippen LogP contribution in [0, 0.1) is 0 Å². The van der Waals surface area contributed by atoms with E-state index in [1.165, 1.54) is 0 Å². The Morgan fingerprint density at radius 2 is 1.88 bits per heavy atom. The third-order valence-corrected chi connectivity index (χ3v) is 3.48. The van der Waals surface area contributed by atoms with Crippen LogP contribution in [0.4, 0.5) is 13.2 Å². The van der Waals surface area contributed by atoms with E-state index in [0.717, 1.165) is 4.47 Å². The molecule has 1 aromatic rings. The van der Waals surface area contributed by atoms with E-state index in [4.69, 9.17) is 16.3 Å². The maximum atomic E-state index is 11.9. The van der Waals surface area contributed by atoms with Gasteiger partial charge in [0.25, 0.3) is 0 Å². The fraction of sp³-hybridized carbons (Fsp3) is 0.429. The van der Waals surface area contributed by atoms with Crippen molar-refractivity contribution in [1.29, 1.82) is 0 Å². The second-order valence-electron chi connectivity index (χ2n) is 4.63. The zero-order valence-electron chi connectivity index (χ0n) is 12.4. The predicted molar refractivity (Wildman–Crippen MR) is 86.0 cm³/mol. The Bertz CT molecular complexity index is 585. The SMILES string of the molecule is O=C(CCCOc1ccc(Br)cc1Cl)NCCNC(=O)C(F)(F)F. The highest BCUT2D eigenvalue weighted by Crippen LogP contribution is 2.27. The zero-order chi connectivity index (χ0) is 18.2. The minimum Gasteiger partial charge on any atom is -0.492 e. The van der Waals surface area contributed by atoms with E-state index >= 15 is 0 Å². The predicted octanol–water partition coefficient (Wildman–Crippen LogP) is 3.06. The van der Waals surface area contributed by atoms with Gasteiger partial charge >= 0.3 is 12.1 Å². The molecule has 0 heterocycles. The van der Waals surface area contributed by atoms with Crippen LogP contribution in [0.2, 0.25) is 5.02 Å². The third kappa shape index (κ3) is 7.87. The van der Waals surface area contributed by atoms with Gasteiger partial charge in [0.1, 0.15) is 5.75 Å². The number of carbonyl (C=O) groups is 2. The number of nitrogens with one attached hydrogen (secondary N) is 2. The summed E-state index contributed by atoms with van der Waals surface area (Å²) in [4.78, 5) is 22.0. The smallest absolute Gasteiger partial charge is 0.471 e. The van der Waals surface area contributed by atoms with Gasteiger partial charge in [-0.3, -0.25) is 9.59 Å². The van der Waals surface area contributed by atoms with Crippen molar-refractivity contribution in [2.75, 3.05) is 19.7 Å². The lowest BCUT2D eigenvalue weighted by Gasteiger charge is -2.10. The molecule has 1 rings (SSSR count). The zero-order valence-corrected chi connectivity index (χ0v) is 14.7. The lowest BCUT2D eigenvalue weighted by molar-refractivity contribution is -0.173. The Morgan fingerprint density at radius 3 is 2.50 bits per heavy atom. The molecule has 10 heteroatoms. The van der Waals surface area contributed by atoms with Gasteiger partial charge in [-0.15, -0.1) is 0 Å². The van der Waals surface area contributed by atoms with Crippen molar-refractivity contribution in [1.82, 2.24) is 10.6 Å². The van der Waals surface area contributed by atoms with Crippen molar-refractivity contribution in [2.45, 2.75) is 19.0 Å². The summed E-state index contributed by atoms with van der Waals surface area (Å²) in [5.74, 6) is -1.88. The van der Waals surface area contributed by atoms with E-state index in [9.17, 15) is 22.8 Å². The normalized spacial score (nSPS) is 11.0. The first-order valence-corrected chi connectivity index (χ1v) is 8.07. The van der Waals surface area contributed by atoms with E-state index in [1.807, 2.05) is 0 Å². The molecular formula is C14H15BrClF3N2O3. The van der Waals surface area contributed by atoms with Gasteiger partial charge < -0.3 is 15.4 Å². The molecule has 0 fully saturated rings. The largest absolute Gasteiger partial charge is 0.492 e. The lowest BCUT2D eigenvalue weighted by atomic mass is 10.3. The van der Waals surface area contributed by atoms with Crippen LogP contribution in [-0.4, -0.2) is 37.7 Å². The number of benzene rings is 1. The maximum absolute atomic E-state index is 11.9. The van der Waals surface area contributed by atoms with Gasteiger partial charge in [0.05, 0.1) is 11.6 Å². The van der Waals surface area contributed by atoms with Crippen molar-refractivity contribution in [2.24, 2.45) is 0 Å². The number of carbonyl (C=O) groups excluding carboxylic acids is 2. The summed E-state index contributed by atoms with van der Waals surface area (Å²) in [7, 11) is 0. The second kappa shape index (κ2) is 9.73. The van der Waals surface area contributed by atoms with Gasteiger partial charge in [-0.25, -0.2) is 0 Å². The molecule has 0 saturated carbocycles. The van der Waals surface area contributed by atoms with Crippen LogP contribution in [0.3, 0.4) is 0 Å². The van der Waals surface area contributed by atoms with Crippen LogP contribution in [0.5, 0.6) is 5.75 Å². The highest BCUT2D eigenvalue weighted by atomic mass is 79.9. The molecule has 2 amide bonds. The Morgan fingerprint density at radius 1 is 1.21 bits per heavy atom. The Balaban J connectivity index is 2.13. The topological polar surface area (TPSA) is 67.4 Å². The number of halogens is 5. The van der Waals surface area contributed by atoms with E-state index in [-0.39, 0.29) is 32.0 Å². The summed E-state index contributed by atoms with van der Waals surface area (Å²) in [5.41, 5.74) is 0. The van der Waals surface area contributed by atoms with Gasteiger partial charge in [0.15, 0.2) is 0 Å². The molecular weight excluding hydrogens is 417 g/mol. The van der Waals surface area contributed by atoms with E-state index in [1.54, 1.807) is 23.5 Å². The maximum Gasteiger partial charge on any atom is 0.471 e. The summed E-state index contributed by atoms with van der Waals surface area (Å²) >= 11 is 9.23. The monoisotopic (exact) mass is 430 g/mol. The van der Waals surface area contributed by atoms with Gasteiger partial charge in [-0.1, -0.05) is 27.5 Å². The first-order valence-electron chi connectivity index (χ1n) is 6.89. The van der Waals surface area contributed by atoms with Crippen molar-refractivity contribution in [3.8, 4) is 5.75 Å². The molecule has 0 saturated heterocycles. The Kier molecular flexibility index (Phi) is 8.34. The standard InChI is InChI=1S/C14H15BrClF3N2O3/c15-9-3-4-11(10(16)8-9)24-7-1-2-12(22)20-5-6-21-13(23)14(17,18)19/h3-4,8H,1-2,5-7H2,(H,20,22)(H,21,23). The van der Waals surface area contributed by atoms with Gasteiger partial charge in [-0.05, 0) is 24.6 Å². The molecule has 0 aliphatic heterocycles. The Labute approximate surface area is 150 Å². The summed E-state index contributed by atoms with van der Waals surface area (Å²) in [6, 6.07) is 5.14. The van der Waals surface area contributed by atoms with Gasteiger partial charge in [-0.2, -0.15) is 13.2 Å². The molecule has 0 atom stereocenters. The number of ether oxygens (including phenoxy) is 1. The first kappa shape index (κ1) is 20.6. The number of hydrogen-bond donors (Lipinski definition) is 2. The minimum absolute atomic E-state index is 0.0833. The van der Waals surface area contributed by atoms with Crippen molar-refractivity contribution >= 4 is 39.3 Å². The van der Waals surface area contributed by atoms with Crippen molar-refractivity contribution < 1.29 is 27.5 Å². The van der Waals surface area contributed by atoms with Crippen molar-refractivity contribution in [3.63, 3.8) is 0 Å². The van der Waals surface area contributed by atoms with Crippen LogP contribution < -0.4 is 15.4 Å². The highest BCUT2D eigenvalue weighted by molar-refractivity contribution is 9.10. The van der Waals surface area contributed by atoms with Crippen LogP contribution in [0.1, 0.15) is 12.8 Å². The third-order valence-electron chi connectivity index (χ3n) is 2.69. The molecule has 24 heavy (non-hydrogen) atoms. The molecule has 0 aromatic heterocycles. The summed E-state index contributed by atoms with van der Waals surface area (Å²) in [6.07, 6.45) is -4.37. The summed E-state index contributed by atoms with van der Waals surface area (Å²) in [5, 5.41) is 4.49. The average Bonchev–Trinajstić information content (AvgIpc) is 2.48. The van der Waals surface area contributed by atoms with Crippen LogP contribution in [-0.2, 0) is 9.59 Å². The van der Waals surface area contributed by atoms with Crippen molar-refractivity contribution in [3.05, 3.63) is 27.7 Å². The van der Waals surface area contributed by atoms with Crippen LogP contribution >= 0.6 is 27.5 Å². The molecule has 5 nitrogen and oxygen atoms in total. The molecule has 1 aromatic carbocycles. The van der Waals surface area contributed by atoms with Gasteiger partial charge in [0, 0.05) is 24.0 Å². The lowest BCUT2D eigenvalue weighted by Crippen LogP contribution is -2.41. The van der Waals surface area contributed by atoms with Crippen LogP contribution in [0.15, 0.2) is 22.7 Å². The summed E-state index contributed by atoms with van der Waals surface area (Å²) < 4.78 is 42.0. The molecule has 0 spiro atoms.